The summed E-state index contributed by atoms with van der Waals surface area (Å²) in [4.78, 5) is 23.8. The second-order valence-electron chi connectivity index (χ2n) is 7.05. The number of nitrogens with one attached hydrogen (secondary N) is 1. The van der Waals surface area contributed by atoms with Crippen LogP contribution in [0.4, 0.5) is 5.69 Å². The Hall–Kier alpha value is -3.82. The summed E-state index contributed by atoms with van der Waals surface area (Å²) in [6, 6.07) is 15.5. The van der Waals surface area contributed by atoms with E-state index in [0.717, 1.165) is 22.6 Å². The molecule has 0 saturated heterocycles. The van der Waals surface area contributed by atoms with Crippen LogP contribution >= 0.6 is 11.6 Å². The Morgan fingerprint density at radius 3 is 2.42 bits per heavy atom. The molecule has 0 radical (unpaired) electrons. The van der Waals surface area contributed by atoms with Crippen LogP contribution in [0.1, 0.15) is 32.9 Å². The molecule has 0 spiro atoms. The third-order valence-electron chi connectivity index (χ3n) is 5.02. The van der Waals surface area contributed by atoms with Gasteiger partial charge in [-0.3, -0.25) is 4.79 Å². The number of carbonyl (C=O) groups excluding carboxylic acids is 1. The van der Waals surface area contributed by atoms with Crippen molar-refractivity contribution in [1.29, 1.82) is 5.26 Å². The summed E-state index contributed by atoms with van der Waals surface area (Å²) in [5.74, 6) is -1.51. The first-order valence-electron chi connectivity index (χ1n) is 9.44. The number of rotatable bonds is 5. The average Bonchev–Trinajstić information content (AvgIpc) is 3.02. The fraction of sp³-hybridized carbons (Fsp3) is 0.125. The number of nitrogens with zero attached hydrogens (tertiary/aromatic N) is 2. The van der Waals surface area contributed by atoms with E-state index in [-0.39, 0.29) is 11.1 Å². The van der Waals surface area contributed by atoms with Gasteiger partial charge in [-0.05, 0) is 80.4 Å². The molecule has 0 saturated carbocycles. The monoisotopic (exact) mass is 433 g/mol. The van der Waals surface area contributed by atoms with Crippen LogP contribution in [0, 0.1) is 32.1 Å². The van der Waals surface area contributed by atoms with Crippen molar-refractivity contribution in [3.05, 3.63) is 87.2 Å². The fourth-order valence-corrected chi connectivity index (χ4v) is 3.50. The van der Waals surface area contributed by atoms with Gasteiger partial charge in [0, 0.05) is 27.8 Å². The van der Waals surface area contributed by atoms with Gasteiger partial charge >= 0.3 is 5.97 Å². The van der Waals surface area contributed by atoms with E-state index in [4.69, 9.17) is 16.7 Å². The highest BCUT2D eigenvalue weighted by molar-refractivity contribution is 6.31. The molecular formula is C24H20ClN3O3. The molecule has 1 amide bonds. The quantitative estimate of drug-likeness (QED) is 0.421. The second kappa shape index (κ2) is 8.90. The van der Waals surface area contributed by atoms with Crippen LogP contribution in [0.3, 0.4) is 0 Å². The smallest absolute Gasteiger partial charge is 0.335 e. The van der Waals surface area contributed by atoms with Gasteiger partial charge in [-0.1, -0.05) is 17.7 Å². The minimum absolute atomic E-state index is 0.0409. The van der Waals surface area contributed by atoms with Gasteiger partial charge in [0.1, 0.15) is 11.6 Å². The molecule has 156 valence electrons. The normalized spacial score (nSPS) is 11.1. The molecule has 0 unspecified atom stereocenters. The number of hydrogen-bond donors (Lipinski definition) is 2. The maximum Gasteiger partial charge on any atom is 0.335 e. The molecule has 3 aromatic rings. The lowest BCUT2D eigenvalue weighted by atomic mass is 10.1. The Labute approximate surface area is 185 Å². The topological polar surface area (TPSA) is 95.1 Å². The van der Waals surface area contributed by atoms with Crippen LogP contribution < -0.4 is 5.32 Å². The number of halogens is 1. The van der Waals surface area contributed by atoms with Gasteiger partial charge in [0.15, 0.2) is 0 Å². The number of carbonyl (C=O) groups is 2. The summed E-state index contributed by atoms with van der Waals surface area (Å²) < 4.78 is 1.94. The number of aromatic carboxylic acids is 1. The van der Waals surface area contributed by atoms with E-state index in [2.05, 4.69) is 5.32 Å². The highest BCUT2D eigenvalue weighted by Gasteiger charge is 2.15. The Morgan fingerprint density at radius 1 is 1.13 bits per heavy atom. The molecule has 3 rings (SSSR count). The molecule has 0 aliphatic heterocycles. The first-order chi connectivity index (χ1) is 14.7. The second-order valence-corrected chi connectivity index (χ2v) is 7.46. The van der Waals surface area contributed by atoms with Gasteiger partial charge in [-0.25, -0.2) is 4.79 Å². The number of amides is 1. The van der Waals surface area contributed by atoms with Crippen molar-refractivity contribution in [3.8, 4) is 11.8 Å². The number of anilines is 1. The number of nitriles is 1. The SMILES string of the molecule is Cc1c(Cl)cccc1NC(=O)/C(C#N)=C\c1cc(C)n(-c2ccc(C(=O)O)cc2)c1C. The molecular weight excluding hydrogens is 414 g/mol. The molecule has 0 aliphatic carbocycles. The molecule has 1 heterocycles. The van der Waals surface area contributed by atoms with E-state index in [1.54, 1.807) is 43.3 Å². The molecule has 31 heavy (non-hydrogen) atoms. The molecule has 1 aromatic heterocycles. The predicted octanol–water partition coefficient (Wildman–Crippen LogP) is 5.30. The number of aromatic nitrogens is 1. The Bertz CT molecular complexity index is 1250. The van der Waals surface area contributed by atoms with E-state index in [1.807, 2.05) is 30.6 Å². The molecule has 0 aliphatic rings. The van der Waals surface area contributed by atoms with Crippen molar-refractivity contribution in [2.24, 2.45) is 0 Å². The number of carboxylic acids is 1. The molecule has 0 fully saturated rings. The summed E-state index contributed by atoms with van der Waals surface area (Å²) in [5.41, 5.74) is 4.63. The highest BCUT2D eigenvalue weighted by atomic mass is 35.5. The van der Waals surface area contributed by atoms with E-state index in [0.29, 0.717) is 16.3 Å². The lowest BCUT2D eigenvalue weighted by molar-refractivity contribution is -0.112. The summed E-state index contributed by atoms with van der Waals surface area (Å²) in [6.07, 6.45) is 1.54. The standard InChI is InChI=1S/C24H20ClN3O3/c1-14-11-18(16(3)28(14)20-9-7-17(8-10-20)24(30)31)12-19(13-26)23(29)27-22-6-4-5-21(25)15(22)2/h4-12H,1-3H3,(H,27,29)(H,30,31)/b19-12-. The average molecular weight is 434 g/mol. The van der Waals surface area contributed by atoms with E-state index >= 15 is 0 Å². The predicted molar refractivity (Wildman–Crippen MR) is 121 cm³/mol. The molecule has 7 heteroatoms. The summed E-state index contributed by atoms with van der Waals surface area (Å²) in [5, 5.41) is 21.9. The fourth-order valence-electron chi connectivity index (χ4n) is 3.32. The molecule has 2 N–H and O–H groups in total. The first-order valence-corrected chi connectivity index (χ1v) is 9.81. The van der Waals surface area contributed by atoms with Crippen LogP contribution in [0.5, 0.6) is 0 Å². The largest absolute Gasteiger partial charge is 0.478 e. The van der Waals surface area contributed by atoms with Crippen molar-refractivity contribution in [3.63, 3.8) is 0 Å². The van der Waals surface area contributed by atoms with Gasteiger partial charge < -0.3 is 15.0 Å². The van der Waals surface area contributed by atoms with Gasteiger partial charge in [-0.2, -0.15) is 5.26 Å². The van der Waals surface area contributed by atoms with Crippen LogP contribution in [0.15, 0.2) is 54.1 Å². The number of aryl methyl sites for hydroxylation is 1. The van der Waals surface area contributed by atoms with E-state index < -0.39 is 11.9 Å². The van der Waals surface area contributed by atoms with E-state index in [1.165, 1.54) is 12.1 Å². The van der Waals surface area contributed by atoms with Crippen LogP contribution in [0.25, 0.3) is 11.8 Å². The zero-order valence-corrected chi connectivity index (χ0v) is 18.0. The first kappa shape index (κ1) is 21.9. The van der Waals surface area contributed by atoms with Gasteiger partial charge in [0.25, 0.3) is 5.91 Å². The minimum Gasteiger partial charge on any atom is -0.478 e. The minimum atomic E-state index is -0.990. The summed E-state index contributed by atoms with van der Waals surface area (Å²) in [6.45, 7) is 5.56. The van der Waals surface area contributed by atoms with Gasteiger partial charge in [-0.15, -0.1) is 0 Å². The number of benzene rings is 2. The summed E-state index contributed by atoms with van der Waals surface area (Å²) in [7, 11) is 0. The van der Waals surface area contributed by atoms with Crippen molar-refractivity contribution in [2.45, 2.75) is 20.8 Å². The van der Waals surface area contributed by atoms with Crippen LogP contribution in [0.2, 0.25) is 5.02 Å². The highest BCUT2D eigenvalue weighted by Crippen LogP contribution is 2.25. The molecule has 0 bridgehead atoms. The van der Waals surface area contributed by atoms with Crippen molar-refractivity contribution >= 4 is 35.2 Å². The zero-order valence-electron chi connectivity index (χ0n) is 17.2. The third-order valence-corrected chi connectivity index (χ3v) is 5.43. The van der Waals surface area contributed by atoms with Crippen molar-refractivity contribution in [2.75, 3.05) is 5.32 Å². The lowest BCUT2D eigenvalue weighted by Gasteiger charge is -2.10. The van der Waals surface area contributed by atoms with E-state index in [9.17, 15) is 14.9 Å². The summed E-state index contributed by atoms with van der Waals surface area (Å²) >= 11 is 6.10. The van der Waals surface area contributed by atoms with Crippen LogP contribution in [-0.4, -0.2) is 21.6 Å². The maximum absolute atomic E-state index is 12.7. The Kier molecular flexibility index (Phi) is 6.28. The maximum atomic E-state index is 12.7. The lowest BCUT2D eigenvalue weighted by Crippen LogP contribution is -2.14. The van der Waals surface area contributed by atoms with Crippen LogP contribution in [-0.2, 0) is 4.79 Å². The molecule has 0 atom stereocenters. The van der Waals surface area contributed by atoms with Gasteiger partial charge in [0.05, 0.1) is 5.56 Å². The third kappa shape index (κ3) is 4.52. The van der Waals surface area contributed by atoms with Crippen molar-refractivity contribution < 1.29 is 14.7 Å². The van der Waals surface area contributed by atoms with Gasteiger partial charge in [0.2, 0.25) is 0 Å². The zero-order chi connectivity index (χ0) is 22.7. The Morgan fingerprint density at radius 2 is 1.81 bits per heavy atom. The number of hydrogen-bond acceptors (Lipinski definition) is 3. The Balaban J connectivity index is 1.94. The number of carboxylic acid groups (broad SMARTS) is 1. The van der Waals surface area contributed by atoms with Crippen molar-refractivity contribution in [1.82, 2.24) is 4.57 Å². The molecule has 2 aromatic carbocycles. The molecule has 6 nitrogen and oxygen atoms in total.